The lowest BCUT2D eigenvalue weighted by Crippen LogP contribution is -2.48. The summed E-state index contributed by atoms with van der Waals surface area (Å²) >= 11 is 0. The van der Waals surface area contributed by atoms with E-state index in [0.29, 0.717) is 18.8 Å². The van der Waals surface area contributed by atoms with Crippen molar-refractivity contribution in [1.29, 1.82) is 0 Å². The minimum absolute atomic E-state index is 0.0206. The number of aliphatic hydroxyl groups excluding tert-OH is 1. The van der Waals surface area contributed by atoms with Gasteiger partial charge >= 0.3 is 12.0 Å². The molecule has 0 aromatic heterocycles. The smallest absolute Gasteiger partial charge is 0.323 e. The first-order valence-corrected chi connectivity index (χ1v) is 14.2. The van der Waals surface area contributed by atoms with E-state index in [-0.39, 0.29) is 42.8 Å². The number of esters is 1. The molecule has 2 amide bonds. The van der Waals surface area contributed by atoms with Crippen LogP contribution in [0.4, 0.5) is 10.5 Å². The van der Waals surface area contributed by atoms with E-state index in [1.54, 1.807) is 0 Å². The number of hydrogen-bond acceptors (Lipinski definition) is 7. The minimum Gasteiger partial charge on any atom is -0.459 e. The van der Waals surface area contributed by atoms with Gasteiger partial charge < -0.3 is 30.0 Å². The van der Waals surface area contributed by atoms with Crippen molar-refractivity contribution in [1.82, 2.24) is 10.2 Å². The summed E-state index contributed by atoms with van der Waals surface area (Å²) in [6.07, 6.45) is 0.491. The van der Waals surface area contributed by atoms with Crippen molar-refractivity contribution in [2.45, 2.75) is 84.2 Å². The van der Waals surface area contributed by atoms with Crippen LogP contribution in [0.5, 0.6) is 0 Å². The third-order valence-electron chi connectivity index (χ3n) is 7.33. The minimum atomic E-state index is -0.678. The Morgan fingerprint density at radius 1 is 1.10 bits per heavy atom. The zero-order valence-corrected chi connectivity index (χ0v) is 24.2. The Balaban J connectivity index is 1.59. The lowest BCUT2D eigenvalue weighted by Gasteiger charge is -2.43. The summed E-state index contributed by atoms with van der Waals surface area (Å²) in [5, 5.41) is 15.1. The molecule has 0 unspecified atom stereocenters. The van der Waals surface area contributed by atoms with E-state index in [2.05, 4.69) is 22.5 Å². The Morgan fingerprint density at radius 3 is 2.52 bits per heavy atom. The average molecular weight is 554 g/mol. The number of rotatable bonds is 8. The molecular formula is C31H43N3O6. The van der Waals surface area contributed by atoms with E-state index in [4.69, 9.17) is 14.2 Å². The number of ether oxygens (including phenoxy) is 3. The Kier molecular flexibility index (Phi) is 9.84. The van der Waals surface area contributed by atoms with Crippen molar-refractivity contribution in [3.05, 3.63) is 65.2 Å². The van der Waals surface area contributed by atoms with Crippen LogP contribution in [0.1, 0.15) is 76.5 Å². The molecule has 0 radical (unpaired) electrons. The van der Waals surface area contributed by atoms with E-state index in [9.17, 15) is 14.7 Å². The molecule has 4 rings (SSSR count). The summed E-state index contributed by atoms with van der Waals surface area (Å²) < 4.78 is 18.9. The van der Waals surface area contributed by atoms with E-state index in [1.165, 1.54) is 0 Å². The molecule has 2 aromatic carbocycles. The number of amides is 2. The van der Waals surface area contributed by atoms with Gasteiger partial charge in [0.25, 0.3) is 0 Å². The summed E-state index contributed by atoms with van der Waals surface area (Å²) in [6, 6.07) is 14.7. The Bertz CT molecular complexity index is 1150. The molecule has 218 valence electrons. The predicted octanol–water partition coefficient (Wildman–Crippen LogP) is 4.92. The number of likely N-dealkylation sites (tertiary alicyclic amines) is 1. The number of anilines is 1. The van der Waals surface area contributed by atoms with Gasteiger partial charge in [-0.05, 0) is 70.3 Å². The first-order valence-electron chi connectivity index (χ1n) is 14.2. The van der Waals surface area contributed by atoms with Crippen LogP contribution in [0.25, 0.3) is 0 Å². The van der Waals surface area contributed by atoms with Gasteiger partial charge in [0, 0.05) is 30.3 Å². The molecule has 2 saturated heterocycles. The van der Waals surface area contributed by atoms with Gasteiger partial charge in [0.15, 0.2) is 6.29 Å². The molecule has 2 fully saturated rings. The van der Waals surface area contributed by atoms with Gasteiger partial charge in [-0.1, -0.05) is 43.3 Å². The van der Waals surface area contributed by atoms with Gasteiger partial charge in [-0.15, -0.1) is 0 Å². The molecule has 3 N–H and O–H groups in total. The van der Waals surface area contributed by atoms with E-state index in [0.717, 1.165) is 36.1 Å². The van der Waals surface area contributed by atoms with Crippen molar-refractivity contribution >= 4 is 17.7 Å². The van der Waals surface area contributed by atoms with Crippen molar-refractivity contribution in [2.75, 3.05) is 25.0 Å². The molecule has 9 nitrogen and oxygen atoms in total. The number of benzene rings is 2. The predicted molar refractivity (Wildman–Crippen MR) is 153 cm³/mol. The summed E-state index contributed by atoms with van der Waals surface area (Å²) in [4.78, 5) is 27.3. The molecular weight excluding hydrogens is 510 g/mol. The van der Waals surface area contributed by atoms with Crippen molar-refractivity contribution in [3.63, 3.8) is 0 Å². The first-order chi connectivity index (χ1) is 19.1. The fourth-order valence-corrected chi connectivity index (χ4v) is 5.34. The average Bonchev–Trinajstić information content (AvgIpc) is 3.38. The maximum Gasteiger partial charge on any atom is 0.323 e. The van der Waals surface area contributed by atoms with Crippen molar-refractivity contribution in [3.8, 4) is 0 Å². The Morgan fingerprint density at radius 2 is 1.85 bits per heavy atom. The summed E-state index contributed by atoms with van der Waals surface area (Å²) in [6.45, 7) is 11.5. The zero-order chi connectivity index (χ0) is 28.9. The van der Waals surface area contributed by atoms with E-state index in [1.807, 2.05) is 76.2 Å². The SMILES string of the molecule is CCNC(=O)Nc1cccc([C@H]2O[C@@H](CN3CCC[C@H]3C(=O)OC(C)(C)C)[C@@H](C)[C@@H](c3ccc(CO)cc3)O2)c1. The van der Waals surface area contributed by atoms with Crippen LogP contribution in [0.15, 0.2) is 48.5 Å². The fraction of sp³-hybridized carbons (Fsp3) is 0.548. The molecule has 0 saturated carbocycles. The largest absolute Gasteiger partial charge is 0.459 e. The van der Waals surface area contributed by atoms with Gasteiger partial charge in [0.1, 0.15) is 11.6 Å². The molecule has 2 aliphatic heterocycles. The fourth-order valence-electron chi connectivity index (χ4n) is 5.34. The van der Waals surface area contributed by atoms with Crippen LogP contribution in [-0.2, 0) is 25.6 Å². The third-order valence-corrected chi connectivity index (χ3v) is 7.33. The Hall–Kier alpha value is -2.98. The number of aliphatic hydroxyl groups is 1. The number of hydrogen-bond donors (Lipinski definition) is 3. The standard InChI is InChI=1S/C31H43N3O6/c1-6-32-30(37)33-24-10-7-9-23(17-24)29-38-26(18-34-16-8-11-25(34)28(36)40-31(3,4)5)20(2)27(39-29)22-14-12-21(19-35)13-15-22/h7,9-10,12-15,17,20,25-27,29,35H,6,8,11,16,18-19H2,1-5H3,(H2,32,33,37)/t20-,25+,26+,27+,29+/m1/s1. The monoisotopic (exact) mass is 553 g/mol. The van der Waals surface area contributed by atoms with Crippen LogP contribution >= 0.6 is 0 Å². The third kappa shape index (κ3) is 7.60. The molecule has 2 aliphatic rings. The molecule has 9 heteroatoms. The highest BCUT2D eigenvalue weighted by Gasteiger charge is 2.42. The molecule has 2 aromatic rings. The highest BCUT2D eigenvalue weighted by atomic mass is 16.7. The summed E-state index contributed by atoms with van der Waals surface area (Å²) in [7, 11) is 0. The van der Waals surface area contributed by atoms with Crippen LogP contribution in [0, 0.1) is 5.92 Å². The maximum atomic E-state index is 13.0. The maximum absolute atomic E-state index is 13.0. The van der Waals surface area contributed by atoms with Gasteiger partial charge in [0.05, 0.1) is 18.8 Å². The lowest BCUT2D eigenvalue weighted by molar-refractivity contribution is -0.276. The second-order valence-corrected chi connectivity index (χ2v) is 11.6. The number of nitrogens with one attached hydrogen (secondary N) is 2. The van der Waals surface area contributed by atoms with Gasteiger partial charge in [-0.3, -0.25) is 9.69 Å². The number of carbonyl (C=O) groups excluding carboxylic acids is 2. The quantitative estimate of drug-likeness (QED) is 0.398. The van der Waals surface area contributed by atoms with Crippen LogP contribution in [0.2, 0.25) is 0 Å². The highest BCUT2D eigenvalue weighted by molar-refractivity contribution is 5.89. The van der Waals surface area contributed by atoms with Crippen LogP contribution < -0.4 is 10.6 Å². The molecule has 0 bridgehead atoms. The Labute approximate surface area is 237 Å². The second kappa shape index (κ2) is 13.1. The second-order valence-electron chi connectivity index (χ2n) is 11.6. The van der Waals surface area contributed by atoms with E-state index < -0.39 is 11.9 Å². The number of carbonyl (C=O) groups is 2. The lowest BCUT2D eigenvalue weighted by atomic mass is 9.90. The van der Waals surface area contributed by atoms with E-state index >= 15 is 0 Å². The van der Waals surface area contributed by atoms with Crippen molar-refractivity contribution < 1.29 is 28.9 Å². The molecule has 0 spiro atoms. The number of nitrogens with zero attached hydrogens (tertiary/aromatic N) is 1. The summed E-state index contributed by atoms with van der Waals surface area (Å²) in [5.74, 6) is -0.214. The molecule has 5 atom stereocenters. The van der Waals surface area contributed by atoms with Crippen molar-refractivity contribution in [2.24, 2.45) is 5.92 Å². The van der Waals surface area contributed by atoms with Crippen LogP contribution in [0.3, 0.4) is 0 Å². The first kappa shape index (κ1) is 30.0. The topological polar surface area (TPSA) is 109 Å². The molecule has 40 heavy (non-hydrogen) atoms. The normalized spacial score (nSPS) is 25.4. The van der Waals surface area contributed by atoms with Gasteiger partial charge in [0.2, 0.25) is 0 Å². The summed E-state index contributed by atoms with van der Waals surface area (Å²) in [5.41, 5.74) is 2.70. The highest BCUT2D eigenvalue weighted by Crippen LogP contribution is 2.42. The zero-order valence-electron chi connectivity index (χ0n) is 24.2. The molecule has 0 aliphatic carbocycles. The number of urea groups is 1. The van der Waals surface area contributed by atoms with Crippen LogP contribution in [-0.4, -0.2) is 59.4 Å². The van der Waals surface area contributed by atoms with Gasteiger partial charge in [-0.2, -0.15) is 0 Å². The molecule has 2 heterocycles. The van der Waals surface area contributed by atoms with Gasteiger partial charge in [-0.25, -0.2) is 4.79 Å².